The fourth-order valence-electron chi connectivity index (χ4n) is 5.01. The fourth-order valence-corrected chi connectivity index (χ4v) is 5.01. The molecule has 0 amide bonds. The molecule has 1 N–H and O–H groups in total. The summed E-state index contributed by atoms with van der Waals surface area (Å²) < 4.78 is 2.24. The summed E-state index contributed by atoms with van der Waals surface area (Å²) in [4.78, 5) is 12.1. The normalized spacial score (nSPS) is 18.4. The van der Waals surface area contributed by atoms with Crippen LogP contribution in [0, 0.1) is 5.41 Å². The van der Waals surface area contributed by atoms with Gasteiger partial charge in [0.05, 0.1) is 0 Å². The van der Waals surface area contributed by atoms with E-state index in [9.17, 15) is 0 Å². The maximum atomic E-state index is 4.97. The van der Waals surface area contributed by atoms with Crippen LogP contribution >= 0.6 is 24.0 Å². The van der Waals surface area contributed by atoms with Crippen LogP contribution in [0.5, 0.6) is 0 Å². The molecule has 5 nitrogen and oxygen atoms in total. The molecule has 1 aromatic heterocycles. The molecule has 1 saturated heterocycles. The zero-order valence-electron chi connectivity index (χ0n) is 18.2. The first kappa shape index (κ1) is 23.1. The Hall–Kier alpha value is -1.57. The number of halogens is 1. The molecule has 2 fully saturated rings. The lowest BCUT2D eigenvalue weighted by atomic mass is 9.73. The van der Waals surface area contributed by atoms with E-state index in [-0.39, 0.29) is 24.0 Å². The number of likely N-dealkylation sites (tertiary alicyclic amines) is 1. The van der Waals surface area contributed by atoms with Crippen LogP contribution in [0.15, 0.2) is 47.7 Å². The third kappa shape index (κ3) is 5.77. The van der Waals surface area contributed by atoms with Crippen molar-refractivity contribution in [3.63, 3.8) is 0 Å². The Labute approximate surface area is 198 Å². The van der Waals surface area contributed by atoms with E-state index >= 15 is 0 Å². The summed E-state index contributed by atoms with van der Waals surface area (Å²) in [5.74, 6) is 2.20. The Balaban J connectivity index is 0.00000256. The minimum absolute atomic E-state index is 0. The van der Waals surface area contributed by atoms with Gasteiger partial charge >= 0.3 is 0 Å². The third-order valence-electron chi connectivity index (χ3n) is 6.58. The fraction of sp³-hybridized carbons (Fsp3) is 0.583. The summed E-state index contributed by atoms with van der Waals surface area (Å²) in [5, 5.41) is 3.53. The number of aliphatic imine (C=N–C) groups is 1. The number of aromatic nitrogens is 2. The van der Waals surface area contributed by atoms with E-state index in [0.717, 1.165) is 44.4 Å². The van der Waals surface area contributed by atoms with E-state index in [0.29, 0.717) is 5.41 Å². The molecule has 1 aliphatic heterocycles. The van der Waals surface area contributed by atoms with Crippen LogP contribution in [0.4, 0.5) is 0 Å². The molecule has 0 unspecified atom stereocenters. The second-order valence-corrected chi connectivity index (χ2v) is 8.67. The van der Waals surface area contributed by atoms with Crippen molar-refractivity contribution < 1.29 is 0 Å². The van der Waals surface area contributed by atoms with Crippen molar-refractivity contribution in [3.8, 4) is 0 Å². The van der Waals surface area contributed by atoms with E-state index in [1.807, 2.05) is 6.20 Å². The Morgan fingerprint density at radius 2 is 1.93 bits per heavy atom. The highest BCUT2D eigenvalue weighted by Crippen LogP contribution is 2.43. The highest BCUT2D eigenvalue weighted by Gasteiger charge is 2.39. The van der Waals surface area contributed by atoms with Gasteiger partial charge in [-0.25, -0.2) is 4.98 Å². The number of benzene rings is 1. The molecule has 164 valence electrons. The van der Waals surface area contributed by atoms with E-state index in [4.69, 9.17) is 4.99 Å². The lowest BCUT2D eigenvalue weighted by Gasteiger charge is -2.33. The van der Waals surface area contributed by atoms with Gasteiger partial charge in [-0.3, -0.25) is 4.99 Å². The number of nitrogens with one attached hydrogen (secondary N) is 1. The molecule has 0 radical (unpaired) electrons. The Bertz CT molecular complexity index is 795. The predicted molar refractivity (Wildman–Crippen MR) is 135 cm³/mol. The van der Waals surface area contributed by atoms with Crippen molar-refractivity contribution in [3.05, 3.63) is 54.1 Å². The van der Waals surface area contributed by atoms with Crippen LogP contribution in [0.2, 0.25) is 0 Å². The van der Waals surface area contributed by atoms with Crippen molar-refractivity contribution in [2.75, 3.05) is 26.2 Å². The van der Waals surface area contributed by atoms with Gasteiger partial charge in [0.2, 0.25) is 0 Å². The van der Waals surface area contributed by atoms with Crippen LogP contribution in [0.25, 0.3) is 0 Å². The highest BCUT2D eigenvalue weighted by molar-refractivity contribution is 14.0. The smallest absolute Gasteiger partial charge is 0.193 e. The Morgan fingerprint density at radius 3 is 2.70 bits per heavy atom. The first-order valence-corrected chi connectivity index (χ1v) is 11.4. The maximum absolute atomic E-state index is 4.97. The van der Waals surface area contributed by atoms with Gasteiger partial charge < -0.3 is 14.8 Å². The summed E-state index contributed by atoms with van der Waals surface area (Å²) in [6.45, 7) is 7.06. The molecule has 2 heterocycles. The zero-order valence-corrected chi connectivity index (χ0v) is 20.6. The van der Waals surface area contributed by atoms with Gasteiger partial charge in [0.1, 0.15) is 5.82 Å². The molecule has 1 aromatic carbocycles. The monoisotopic (exact) mass is 521 g/mol. The Kier molecular flexibility index (Phi) is 8.60. The van der Waals surface area contributed by atoms with Crippen molar-refractivity contribution in [2.45, 2.75) is 58.4 Å². The van der Waals surface area contributed by atoms with Crippen molar-refractivity contribution in [1.82, 2.24) is 19.8 Å². The summed E-state index contributed by atoms with van der Waals surface area (Å²) in [7, 11) is 0. The molecule has 1 saturated carbocycles. The number of hydrogen-bond donors (Lipinski definition) is 1. The SMILES string of the molecule is CCNC(=NCCc1nccn1Cc1ccccc1)N1CCC2(CCCCC2)C1.I. The molecule has 4 rings (SSSR count). The van der Waals surface area contributed by atoms with Crippen LogP contribution in [0.1, 0.15) is 56.8 Å². The average Bonchev–Trinajstić information content (AvgIpc) is 3.36. The number of nitrogens with zero attached hydrogens (tertiary/aromatic N) is 4. The van der Waals surface area contributed by atoms with Crippen LogP contribution < -0.4 is 5.32 Å². The van der Waals surface area contributed by atoms with E-state index < -0.39 is 0 Å². The zero-order chi connectivity index (χ0) is 19.9. The largest absolute Gasteiger partial charge is 0.357 e. The van der Waals surface area contributed by atoms with Gasteiger partial charge in [0, 0.05) is 51.5 Å². The summed E-state index contributed by atoms with van der Waals surface area (Å²) >= 11 is 0. The van der Waals surface area contributed by atoms with Gasteiger partial charge in [-0.15, -0.1) is 24.0 Å². The van der Waals surface area contributed by atoms with E-state index in [2.05, 4.69) is 63.2 Å². The molecular formula is C24H36IN5. The van der Waals surface area contributed by atoms with E-state index in [1.165, 1.54) is 50.6 Å². The first-order chi connectivity index (χ1) is 14.3. The predicted octanol–water partition coefficient (Wildman–Crippen LogP) is 4.71. The lowest BCUT2D eigenvalue weighted by Crippen LogP contribution is -2.41. The minimum Gasteiger partial charge on any atom is -0.357 e. The third-order valence-corrected chi connectivity index (χ3v) is 6.58. The van der Waals surface area contributed by atoms with Crippen LogP contribution in [-0.4, -0.2) is 46.6 Å². The van der Waals surface area contributed by atoms with Crippen molar-refractivity contribution >= 4 is 29.9 Å². The summed E-state index contributed by atoms with van der Waals surface area (Å²) in [6.07, 6.45) is 13.2. The van der Waals surface area contributed by atoms with Gasteiger partial charge in [-0.1, -0.05) is 49.6 Å². The lowest BCUT2D eigenvalue weighted by molar-refractivity contribution is 0.203. The quantitative estimate of drug-likeness (QED) is 0.340. The second kappa shape index (κ2) is 11.2. The molecule has 1 aliphatic carbocycles. The highest BCUT2D eigenvalue weighted by atomic mass is 127. The second-order valence-electron chi connectivity index (χ2n) is 8.67. The minimum atomic E-state index is 0. The van der Waals surface area contributed by atoms with Crippen molar-refractivity contribution in [1.29, 1.82) is 0 Å². The van der Waals surface area contributed by atoms with Crippen molar-refractivity contribution in [2.24, 2.45) is 10.4 Å². The van der Waals surface area contributed by atoms with Crippen LogP contribution in [0.3, 0.4) is 0 Å². The van der Waals surface area contributed by atoms with Gasteiger partial charge in [0.15, 0.2) is 5.96 Å². The first-order valence-electron chi connectivity index (χ1n) is 11.4. The van der Waals surface area contributed by atoms with Gasteiger partial charge in [-0.05, 0) is 37.2 Å². The number of guanidine groups is 1. The number of hydrogen-bond acceptors (Lipinski definition) is 2. The molecule has 2 aliphatic rings. The Morgan fingerprint density at radius 1 is 1.13 bits per heavy atom. The topological polar surface area (TPSA) is 45.5 Å². The van der Waals surface area contributed by atoms with Gasteiger partial charge in [-0.2, -0.15) is 0 Å². The molecular weight excluding hydrogens is 485 g/mol. The molecule has 30 heavy (non-hydrogen) atoms. The molecule has 6 heteroatoms. The molecule has 1 spiro atoms. The summed E-state index contributed by atoms with van der Waals surface area (Å²) in [5.41, 5.74) is 1.86. The molecule has 2 aromatic rings. The molecule has 0 atom stereocenters. The average molecular weight is 521 g/mol. The summed E-state index contributed by atoms with van der Waals surface area (Å²) in [6, 6.07) is 10.6. The number of imidazole rings is 1. The number of rotatable bonds is 6. The molecule has 0 bridgehead atoms. The maximum Gasteiger partial charge on any atom is 0.193 e. The van der Waals surface area contributed by atoms with Gasteiger partial charge in [0.25, 0.3) is 0 Å². The standard InChI is InChI=1S/C24H35N5.HI/c1-2-25-23(29-17-14-24(20-29)12-7-4-8-13-24)27-15-11-22-26-16-18-28(22)19-21-9-5-3-6-10-21;/h3,5-6,9-10,16,18H,2,4,7-8,11-15,17,19-20H2,1H3,(H,25,27);1H. The van der Waals surface area contributed by atoms with E-state index in [1.54, 1.807) is 0 Å². The van der Waals surface area contributed by atoms with Crippen LogP contribution in [-0.2, 0) is 13.0 Å².